The first-order chi connectivity index (χ1) is 7.02. The number of rotatable bonds is 1. The molecule has 2 fully saturated rings. The smallest absolute Gasteiger partial charge is 0.321 e. The number of piperidine rings is 1. The van der Waals surface area contributed by atoms with Gasteiger partial charge < -0.3 is 10.0 Å². The van der Waals surface area contributed by atoms with Gasteiger partial charge in [0.05, 0.1) is 4.87 Å². The maximum absolute atomic E-state index is 10.9. The van der Waals surface area contributed by atoms with Crippen LogP contribution in [0.4, 0.5) is 0 Å². The molecular weight excluding hydrogens is 212 g/mol. The molecule has 0 saturated carbocycles. The molecule has 4 nitrogen and oxygen atoms in total. The summed E-state index contributed by atoms with van der Waals surface area (Å²) in [6, 6.07) is 0.178. The predicted octanol–water partition coefficient (Wildman–Crippen LogP) is 0.586. The highest BCUT2D eigenvalue weighted by atomic mass is 32.2. The van der Waals surface area contributed by atoms with Gasteiger partial charge in [-0.3, -0.25) is 10.1 Å². The molecule has 2 heterocycles. The fraction of sp³-hybridized carbons (Fsp3) is 0.900. The number of likely N-dealkylation sites (tertiary alicyclic amines) is 1. The Hall–Kier alpha value is -0.260. The van der Waals surface area contributed by atoms with Crippen molar-refractivity contribution in [1.29, 1.82) is 0 Å². The second-order valence-electron chi connectivity index (χ2n) is 4.62. The van der Waals surface area contributed by atoms with Gasteiger partial charge >= 0.3 is 5.97 Å². The first-order valence-corrected chi connectivity index (χ1v) is 6.36. The normalized spacial score (nSPS) is 42.3. The Morgan fingerprint density at radius 1 is 1.67 bits per heavy atom. The van der Waals surface area contributed by atoms with Crippen LogP contribution in [0.5, 0.6) is 0 Å². The summed E-state index contributed by atoms with van der Waals surface area (Å²) in [5, 5.41) is 12.3. The van der Waals surface area contributed by atoms with Crippen molar-refractivity contribution in [1.82, 2.24) is 10.2 Å². The largest absolute Gasteiger partial charge is 0.480 e. The van der Waals surface area contributed by atoms with Crippen LogP contribution in [0.25, 0.3) is 0 Å². The van der Waals surface area contributed by atoms with Crippen molar-refractivity contribution in [3.8, 4) is 0 Å². The maximum Gasteiger partial charge on any atom is 0.321 e. The van der Waals surface area contributed by atoms with Crippen molar-refractivity contribution < 1.29 is 9.90 Å². The molecule has 2 rings (SSSR count). The summed E-state index contributed by atoms with van der Waals surface area (Å²) in [5.74, 6) is -0.0165. The molecule has 0 aromatic rings. The lowest BCUT2D eigenvalue weighted by Gasteiger charge is -2.41. The molecule has 2 aliphatic rings. The number of hydrogen-bond donors (Lipinski definition) is 2. The SMILES string of the molecule is CC1CC2(CCN1C)NC(C(=O)O)CS2. The third-order valence-corrected chi connectivity index (χ3v) is 5.05. The van der Waals surface area contributed by atoms with Crippen LogP contribution in [0.3, 0.4) is 0 Å². The zero-order valence-electron chi connectivity index (χ0n) is 9.19. The van der Waals surface area contributed by atoms with Crippen LogP contribution in [0.1, 0.15) is 19.8 Å². The van der Waals surface area contributed by atoms with E-state index in [2.05, 4.69) is 24.2 Å². The van der Waals surface area contributed by atoms with E-state index in [1.165, 1.54) is 0 Å². The summed E-state index contributed by atoms with van der Waals surface area (Å²) < 4.78 is 0. The van der Waals surface area contributed by atoms with Crippen LogP contribution < -0.4 is 5.32 Å². The number of aliphatic carboxylic acids is 1. The first kappa shape index (κ1) is 11.2. The Morgan fingerprint density at radius 2 is 2.40 bits per heavy atom. The monoisotopic (exact) mass is 230 g/mol. The third-order valence-electron chi connectivity index (χ3n) is 3.51. The lowest BCUT2D eigenvalue weighted by molar-refractivity contribution is -0.139. The summed E-state index contributed by atoms with van der Waals surface area (Å²) in [6.45, 7) is 3.25. The van der Waals surface area contributed by atoms with E-state index >= 15 is 0 Å². The minimum Gasteiger partial charge on any atom is -0.480 e. The Bertz CT molecular complexity index is 274. The van der Waals surface area contributed by atoms with Gasteiger partial charge in [0, 0.05) is 18.3 Å². The molecule has 0 bridgehead atoms. The van der Waals surface area contributed by atoms with Crippen molar-refractivity contribution in [2.75, 3.05) is 19.3 Å². The molecule has 2 N–H and O–H groups in total. The Kier molecular flexibility index (Phi) is 2.96. The van der Waals surface area contributed by atoms with E-state index in [0.717, 1.165) is 19.4 Å². The van der Waals surface area contributed by atoms with Crippen LogP contribution in [0.15, 0.2) is 0 Å². The van der Waals surface area contributed by atoms with Crippen LogP contribution in [-0.2, 0) is 4.79 Å². The zero-order chi connectivity index (χ0) is 11.1. The molecule has 1 spiro atoms. The van der Waals surface area contributed by atoms with Crippen molar-refractivity contribution in [3.63, 3.8) is 0 Å². The van der Waals surface area contributed by atoms with E-state index in [0.29, 0.717) is 11.8 Å². The van der Waals surface area contributed by atoms with Crippen LogP contribution in [0.2, 0.25) is 0 Å². The van der Waals surface area contributed by atoms with Gasteiger partial charge in [0.15, 0.2) is 0 Å². The highest BCUT2D eigenvalue weighted by molar-refractivity contribution is 8.01. The zero-order valence-corrected chi connectivity index (χ0v) is 10.0. The number of carboxylic acid groups (broad SMARTS) is 1. The molecule has 0 radical (unpaired) electrons. The Labute approximate surface area is 94.4 Å². The lowest BCUT2D eigenvalue weighted by Crippen LogP contribution is -2.53. The number of thioether (sulfide) groups is 1. The van der Waals surface area contributed by atoms with Gasteiger partial charge in [-0.1, -0.05) is 0 Å². The van der Waals surface area contributed by atoms with Crippen molar-refractivity contribution in [3.05, 3.63) is 0 Å². The van der Waals surface area contributed by atoms with Gasteiger partial charge in [-0.25, -0.2) is 0 Å². The summed E-state index contributed by atoms with van der Waals surface area (Å²) >= 11 is 1.79. The highest BCUT2D eigenvalue weighted by Gasteiger charge is 2.45. The molecule has 0 aromatic carbocycles. The van der Waals surface area contributed by atoms with E-state index in [-0.39, 0.29) is 10.9 Å². The second-order valence-corrected chi connectivity index (χ2v) is 6.03. The maximum atomic E-state index is 10.9. The molecule has 0 aliphatic carbocycles. The number of carboxylic acids is 1. The molecule has 3 unspecified atom stereocenters. The van der Waals surface area contributed by atoms with E-state index in [1.54, 1.807) is 11.8 Å². The number of hydrogen-bond acceptors (Lipinski definition) is 4. The molecule has 3 atom stereocenters. The quantitative estimate of drug-likeness (QED) is 0.690. The van der Waals surface area contributed by atoms with E-state index < -0.39 is 5.97 Å². The van der Waals surface area contributed by atoms with E-state index in [1.807, 2.05) is 0 Å². The molecule has 2 aliphatic heterocycles. The van der Waals surface area contributed by atoms with Crippen molar-refractivity contribution >= 4 is 17.7 Å². The highest BCUT2D eigenvalue weighted by Crippen LogP contribution is 2.40. The molecular formula is C10H18N2O2S. The molecule has 15 heavy (non-hydrogen) atoms. The summed E-state index contributed by atoms with van der Waals surface area (Å²) in [4.78, 5) is 13.2. The second kappa shape index (κ2) is 3.96. The van der Waals surface area contributed by atoms with Gasteiger partial charge in [-0.15, -0.1) is 11.8 Å². The molecule has 2 saturated heterocycles. The van der Waals surface area contributed by atoms with Crippen LogP contribution in [-0.4, -0.2) is 52.3 Å². The molecule has 86 valence electrons. The van der Waals surface area contributed by atoms with Gasteiger partial charge in [0.2, 0.25) is 0 Å². The van der Waals surface area contributed by atoms with Gasteiger partial charge in [-0.2, -0.15) is 0 Å². The Balaban J connectivity index is 2.01. The number of nitrogens with zero attached hydrogens (tertiary/aromatic N) is 1. The summed E-state index contributed by atoms with van der Waals surface area (Å²) in [5.41, 5.74) is 0. The topological polar surface area (TPSA) is 52.6 Å². The van der Waals surface area contributed by atoms with Crippen molar-refractivity contribution in [2.24, 2.45) is 0 Å². The van der Waals surface area contributed by atoms with Crippen LogP contribution >= 0.6 is 11.8 Å². The van der Waals surface area contributed by atoms with Crippen molar-refractivity contribution in [2.45, 2.75) is 36.7 Å². The van der Waals surface area contributed by atoms with Gasteiger partial charge in [0.1, 0.15) is 6.04 Å². The summed E-state index contributed by atoms with van der Waals surface area (Å²) in [7, 11) is 2.13. The molecule has 0 aromatic heterocycles. The average molecular weight is 230 g/mol. The number of nitrogens with one attached hydrogen (secondary N) is 1. The minimum absolute atomic E-state index is 0.0228. The molecule has 0 amide bonds. The summed E-state index contributed by atoms with van der Waals surface area (Å²) in [6.07, 6.45) is 2.08. The molecule has 5 heteroatoms. The van der Waals surface area contributed by atoms with E-state index in [4.69, 9.17) is 5.11 Å². The lowest BCUT2D eigenvalue weighted by atomic mass is 9.97. The van der Waals surface area contributed by atoms with Crippen LogP contribution in [0, 0.1) is 0 Å². The fourth-order valence-electron chi connectivity index (χ4n) is 2.35. The first-order valence-electron chi connectivity index (χ1n) is 5.37. The fourth-order valence-corrected chi connectivity index (χ4v) is 3.88. The standard InChI is InChI=1S/C10H18N2O2S/c1-7-5-10(3-4-12(7)2)11-8(6-15-10)9(13)14/h7-8,11H,3-6H2,1-2H3,(H,13,14). The van der Waals surface area contributed by atoms with E-state index in [9.17, 15) is 4.79 Å². The minimum atomic E-state index is -0.717. The average Bonchev–Trinajstić information content (AvgIpc) is 2.57. The Morgan fingerprint density at radius 3 is 2.93 bits per heavy atom. The number of carbonyl (C=O) groups is 1. The van der Waals surface area contributed by atoms with Gasteiger partial charge in [-0.05, 0) is 26.8 Å². The third kappa shape index (κ3) is 2.14. The van der Waals surface area contributed by atoms with Gasteiger partial charge in [0.25, 0.3) is 0 Å². The predicted molar refractivity (Wildman–Crippen MR) is 61.1 cm³/mol.